The van der Waals surface area contributed by atoms with Crippen LogP contribution in [0.25, 0.3) is 0 Å². The number of benzene rings is 1. The van der Waals surface area contributed by atoms with Crippen molar-refractivity contribution in [3.63, 3.8) is 0 Å². The third-order valence-electron chi connectivity index (χ3n) is 3.07. The minimum absolute atomic E-state index is 0.0136. The van der Waals surface area contributed by atoms with Crippen LogP contribution in [0.3, 0.4) is 0 Å². The first-order valence-electron chi connectivity index (χ1n) is 6.01. The predicted octanol–water partition coefficient (Wildman–Crippen LogP) is 1.95. The second-order valence-corrected chi connectivity index (χ2v) is 5.52. The number of amides is 1. The first kappa shape index (κ1) is 13.5. The van der Waals surface area contributed by atoms with E-state index >= 15 is 0 Å². The molecule has 1 aromatic carbocycles. The van der Waals surface area contributed by atoms with Gasteiger partial charge in [-0.25, -0.2) is 4.39 Å². The molecule has 0 aliphatic carbocycles. The number of piperazine rings is 1. The van der Waals surface area contributed by atoms with Crippen LogP contribution in [0.5, 0.6) is 0 Å². The second kappa shape index (κ2) is 5.80. The average molecular weight is 315 g/mol. The van der Waals surface area contributed by atoms with E-state index < -0.39 is 0 Å². The molecule has 1 atom stereocenters. The summed E-state index contributed by atoms with van der Waals surface area (Å²) in [5, 5.41) is 3.28. The van der Waals surface area contributed by atoms with Crippen molar-refractivity contribution in [2.75, 3.05) is 19.6 Å². The summed E-state index contributed by atoms with van der Waals surface area (Å²) >= 11 is 3.29. The molecule has 1 saturated heterocycles. The monoisotopic (exact) mass is 314 g/mol. The molecule has 2 rings (SSSR count). The summed E-state index contributed by atoms with van der Waals surface area (Å²) in [5.41, 5.74) is 0.445. The molecular formula is C13H16BrFN2O. The third kappa shape index (κ3) is 3.29. The summed E-state index contributed by atoms with van der Waals surface area (Å²) in [6, 6.07) is 4.98. The Morgan fingerprint density at radius 1 is 1.61 bits per heavy atom. The summed E-state index contributed by atoms with van der Waals surface area (Å²) in [4.78, 5) is 13.9. The smallest absolute Gasteiger partial charge is 0.227 e. The van der Waals surface area contributed by atoms with Gasteiger partial charge in [0.2, 0.25) is 5.91 Å². The van der Waals surface area contributed by atoms with Crippen molar-refractivity contribution < 1.29 is 9.18 Å². The van der Waals surface area contributed by atoms with Gasteiger partial charge in [0.1, 0.15) is 5.82 Å². The fraction of sp³-hybridized carbons (Fsp3) is 0.462. The molecule has 3 nitrogen and oxygen atoms in total. The molecule has 18 heavy (non-hydrogen) atoms. The van der Waals surface area contributed by atoms with Gasteiger partial charge in [-0.1, -0.05) is 15.9 Å². The van der Waals surface area contributed by atoms with Gasteiger partial charge in [0.05, 0.1) is 6.42 Å². The Bertz CT molecular complexity index is 453. The lowest BCUT2D eigenvalue weighted by Gasteiger charge is -2.32. The quantitative estimate of drug-likeness (QED) is 0.905. The van der Waals surface area contributed by atoms with E-state index in [0.29, 0.717) is 24.7 Å². The lowest BCUT2D eigenvalue weighted by Crippen LogP contribution is -2.51. The standard InChI is InChI=1S/C13H16BrFN2O/c1-9-8-17(5-4-16-9)13(18)7-10-6-11(14)2-3-12(10)15/h2-3,6,9,16H,4-5,7-8H2,1H3. The molecule has 1 fully saturated rings. The molecule has 1 amide bonds. The molecule has 5 heteroatoms. The highest BCUT2D eigenvalue weighted by Gasteiger charge is 2.21. The number of halogens is 2. The van der Waals surface area contributed by atoms with Crippen LogP contribution in [-0.4, -0.2) is 36.5 Å². The third-order valence-corrected chi connectivity index (χ3v) is 3.56. The van der Waals surface area contributed by atoms with Crippen molar-refractivity contribution in [2.24, 2.45) is 0 Å². The summed E-state index contributed by atoms with van der Waals surface area (Å²) in [7, 11) is 0. The topological polar surface area (TPSA) is 32.3 Å². The van der Waals surface area contributed by atoms with Crippen LogP contribution >= 0.6 is 15.9 Å². The van der Waals surface area contributed by atoms with E-state index in [0.717, 1.165) is 11.0 Å². The van der Waals surface area contributed by atoms with Gasteiger partial charge in [0, 0.05) is 30.1 Å². The Balaban J connectivity index is 2.04. The minimum Gasteiger partial charge on any atom is -0.340 e. The van der Waals surface area contributed by atoms with Gasteiger partial charge in [-0.15, -0.1) is 0 Å². The van der Waals surface area contributed by atoms with E-state index in [4.69, 9.17) is 0 Å². The maximum Gasteiger partial charge on any atom is 0.227 e. The molecule has 1 aliphatic heterocycles. The van der Waals surface area contributed by atoms with Crippen LogP contribution in [0, 0.1) is 5.82 Å². The van der Waals surface area contributed by atoms with E-state index in [1.165, 1.54) is 6.07 Å². The van der Waals surface area contributed by atoms with Gasteiger partial charge in [-0.2, -0.15) is 0 Å². The van der Waals surface area contributed by atoms with Crippen LogP contribution in [0.1, 0.15) is 12.5 Å². The largest absolute Gasteiger partial charge is 0.340 e. The highest BCUT2D eigenvalue weighted by Crippen LogP contribution is 2.17. The number of carbonyl (C=O) groups excluding carboxylic acids is 1. The average Bonchev–Trinajstić information content (AvgIpc) is 2.34. The first-order chi connectivity index (χ1) is 8.56. The molecule has 0 aromatic heterocycles. The van der Waals surface area contributed by atoms with E-state index in [-0.39, 0.29) is 18.1 Å². The zero-order chi connectivity index (χ0) is 13.1. The molecule has 1 N–H and O–H groups in total. The van der Waals surface area contributed by atoms with Crippen molar-refractivity contribution in [3.05, 3.63) is 34.1 Å². The molecular weight excluding hydrogens is 299 g/mol. The molecule has 0 spiro atoms. The number of hydrogen-bond donors (Lipinski definition) is 1. The maximum absolute atomic E-state index is 13.6. The summed E-state index contributed by atoms with van der Waals surface area (Å²) in [6.45, 7) is 4.22. The number of nitrogens with zero attached hydrogens (tertiary/aromatic N) is 1. The van der Waals surface area contributed by atoms with Crippen LogP contribution in [0.15, 0.2) is 22.7 Å². The summed E-state index contributed by atoms with van der Waals surface area (Å²) in [5.74, 6) is -0.338. The van der Waals surface area contributed by atoms with Gasteiger partial charge in [0.25, 0.3) is 0 Å². The minimum atomic E-state index is -0.324. The highest BCUT2D eigenvalue weighted by atomic mass is 79.9. The Morgan fingerprint density at radius 2 is 2.39 bits per heavy atom. The zero-order valence-corrected chi connectivity index (χ0v) is 11.8. The Labute approximate surface area is 114 Å². The summed E-state index contributed by atoms with van der Waals surface area (Å²) in [6.07, 6.45) is 0.123. The van der Waals surface area contributed by atoms with Crippen LogP contribution in [0.2, 0.25) is 0 Å². The van der Waals surface area contributed by atoms with Crippen LogP contribution in [0.4, 0.5) is 4.39 Å². The van der Waals surface area contributed by atoms with E-state index in [1.54, 1.807) is 17.0 Å². The predicted molar refractivity (Wildman–Crippen MR) is 71.8 cm³/mol. The number of rotatable bonds is 2. The Morgan fingerprint density at radius 3 is 3.11 bits per heavy atom. The number of carbonyl (C=O) groups is 1. The van der Waals surface area contributed by atoms with Crippen molar-refractivity contribution in [3.8, 4) is 0 Å². The normalized spacial score (nSPS) is 19.9. The van der Waals surface area contributed by atoms with Crippen LogP contribution in [-0.2, 0) is 11.2 Å². The molecule has 0 radical (unpaired) electrons. The molecule has 1 aromatic rings. The van der Waals surface area contributed by atoms with Gasteiger partial charge in [0.15, 0.2) is 0 Å². The van der Waals surface area contributed by atoms with Crippen LogP contribution < -0.4 is 5.32 Å². The molecule has 98 valence electrons. The van der Waals surface area contributed by atoms with Gasteiger partial charge in [-0.3, -0.25) is 4.79 Å². The van der Waals surface area contributed by atoms with E-state index in [9.17, 15) is 9.18 Å². The Hall–Kier alpha value is -0.940. The zero-order valence-electron chi connectivity index (χ0n) is 10.2. The highest BCUT2D eigenvalue weighted by molar-refractivity contribution is 9.10. The van der Waals surface area contributed by atoms with E-state index in [2.05, 4.69) is 21.2 Å². The maximum atomic E-state index is 13.6. The van der Waals surface area contributed by atoms with E-state index in [1.807, 2.05) is 6.92 Å². The molecule has 1 aliphatic rings. The number of nitrogens with one attached hydrogen (secondary N) is 1. The number of hydrogen-bond acceptors (Lipinski definition) is 2. The fourth-order valence-corrected chi connectivity index (χ4v) is 2.52. The van der Waals surface area contributed by atoms with Gasteiger partial charge in [-0.05, 0) is 30.7 Å². The SMILES string of the molecule is CC1CN(C(=O)Cc2cc(Br)ccc2F)CCN1. The fourth-order valence-electron chi connectivity index (χ4n) is 2.11. The van der Waals surface area contributed by atoms with Crippen molar-refractivity contribution in [2.45, 2.75) is 19.4 Å². The van der Waals surface area contributed by atoms with Gasteiger partial charge < -0.3 is 10.2 Å². The lowest BCUT2D eigenvalue weighted by molar-refractivity contribution is -0.131. The lowest BCUT2D eigenvalue weighted by atomic mass is 10.1. The Kier molecular flexibility index (Phi) is 4.35. The second-order valence-electron chi connectivity index (χ2n) is 4.61. The first-order valence-corrected chi connectivity index (χ1v) is 6.80. The van der Waals surface area contributed by atoms with Gasteiger partial charge >= 0.3 is 0 Å². The van der Waals surface area contributed by atoms with Crippen molar-refractivity contribution >= 4 is 21.8 Å². The van der Waals surface area contributed by atoms with Crippen molar-refractivity contribution in [1.82, 2.24) is 10.2 Å². The molecule has 1 heterocycles. The molecule has 0 bridgehead atoms. The molecule has 0 saturated carbocycles. The summed E-state index contributed by atoms with van der Waals surface area (Å²) < 4.78 is 14.4. The molecule has 1 unspecified atom stereocenters. The van der Waals surface area contributed by atoms with Crippen molar-refractivity contribution in [1.29, 1.82) is 0 Å².